The molecule has 0 saturated carbocycles. The van der Waals surface area contributed by atoms with Gasteiger partial charge < -0.3 is 5.32 Å². The summed E-state index contributed by atoms with van der Waals surface area (Å²) in [5.74, 6) is -0.0573. The SMILES string of the molecule is Cc1nn(Cc2ccccc2Cl)c(C)c1C(=O)NCCN1CCN(Cc2ccccc2)CC1. The molecule has 2 heterocycles. The fraction of sp³-hybridized carbons (Fsp3) is 0.385. The Kier molecular flexibility index (Phi) is 7.81. The second kappa shape index (κ2) is 11.0. The Hall–Kier alpha value is -2.67. The minimum atomic E-state index is -0.0573. The molecule has 33 heavy (non-hydrogen) atoms. The van der Waals surface area contributed by atoms with Crippen molar-refractivity contribution >= 4 is 17.5 Å². The van der Waals surface area contributed by atoms with Gasteiger partial charge in [-0.05, 0) is 31.0 Å². The predicted octanol–water partition coefficient (Wildman–Crippen LogP) is 3.75. The highest BCUT2D eigenvalue weighted by Crippen LogP contribution is 2.19. The largest absolute Gasteiger partial charge is 0.351 e. The Morgan fingerprint density at radius 3 is 2.33 bits per heavy atom. The zero-order valence-electron chi connectivity index (χ0n) is 19.4. The summed E-state index contributed by atoms with van der Waals surface area (Å²) >= 11 is 6.30. The van der Waals surface area contributed by atoms with Crippen molar-refractivity contribution in [3.63, 3.8) is 0 Å². The van der Waals surface area contributed by atoms with E-state index in [0.717, 1.165) is 56.2 Å². The van der Waals surface area contributed by atoms with Crippen LogP contribution in [0.4, 0.5) is 0 Å². The Balaban J connectivity index is 1.25. The van der Waals surface area contributed by atoms with E-state index in [1.165, 1.54) is 5.56 Å². The molecule has 3 aromatic rings. The number of amides is 1. The molecule has 1 aromatic heterocycles. The highest BCUT2D eigenvalue weighted by atomic mass is 35.5. The summed E-state index contributed by atoms with van der Waals surface area (Å²) in [6, 6.07) is 18.3. The first-order valence-electron chi connectivity index (χ1n) is 11.6. The van der Waals surface area contributed by atoms with Crippen LogP contribution in [0.3, 0.4) is 0 Å². The molecule has 1 amide bonds. The number of nitrogens with zero attached hydrogens (tertiary/aromatic N) is 4. The Bertz CT molecular complexity index is 1070. The van der Waals surface area contributed by atoms with Gasteiger partial charge in [-0.3, -0.25) is 19.3 Å². The van der Waals surface area contributed by atoms with Crippen LogP contribution in [0.1, 0.15) is 32.9 Å². The van der Waals surface area contributed by atoms with Gasteiger partial charge >= 0.3 is 0 Å². The first kappa shape index (κ1) is 23.5. The number of aryl methyl sites for hydroxylation is 1. The van der Waals surface area contributed by atoms with E-state index in [4.69, 9.17) is 11.6 Å². The number of aromatic nitrogens is 2. The van der Waals surface area contributed by atoms with Crippen LogP contribution in [0, 0.1) is 13.8 Å². The summed E-state index contributed by atoms with van der Waals surface area (Å²) in [7, 11) is 0. The third-order valence-corrected chi connectivity index (χ3v) is 6.68. The van der Waals surface area contributed by atoms with Crippen molar-refractivity contribution in [1.82, 2.24) is 24.9 Å². The zero-order chi connectivity index (χ0) is 23.2. The topological polar surface area (TPSA) is 53.4 Å². The maximum atomic E-state index is 12.9. The third kappa shape index (κ3) is 6.02. The van der Waals surface area contributed by atoms with Gasteiger partial charge in [-0.15, -0.1) is 0 Å². The fourth-order valence-electron chi connectivity index (χ4n) is 4.40. The summed E-state index contributed by atoms with van der Waals surface area (Å²) in [6.45, 7) is 11.0. The van der Waals surface area contributed by atoms with Gasteiger partial charge in [-0.2, -0.15) is 5.10 Å². The lowest BCUT2D eigenvalue weighted by atomic mass is 10.1. The molecule has 0 spiro atoms. The molecule has 4 rings (SSSR count). The second-order valence-corrected chi connectivity index (χ2v) is 9.06. The Morgan fingerprint density at radius 1 is 0.939 bits per heavy atom. The van der Waals surface area contributed by atoms with Crippen LogP contribution in [-0.4, -0.2) is 64.8 Å². The molecular formula is C26H32ClN5O. The van der Waals surface area contributed by atoms with Crippen molar-refractivity contribution in [3.05, 3.63) is 87.7 Å². The molecule has 1 aliphatic rings. The van der Waals surface area contributed by atoms with E-state index in [1.807, 2.05) is 42.8 Å². The van der Waals surface area contributed by atoms with Crippen LogP contribution < -0.4 is 5.32 Å². The predicted molar refractivity (Wildman–Crippen MR) is 133 cm³/mol. The van der Waals surface area contributed by atoms with Gasteiger partial charge in [0.15, 0.2) is 0 Å². The number of rotatable bonds is 8. The van der Waals surface area contributed by atoms with Crippen LogP contribution in [0.5, 0.6) is 0 Å². The molecule has 0 bridgehead atoms. The van der Waals surface area contributed by atoms with E-state index in [0.29, 0.717) is 23.7 Å². The molecule has 0 aliphatic carbocycles. The number of hydrogen-bond donors (Lipinski definition) is 1. The van der Waals surface area contributed by atoms with Crippen LogP contribution in [0.25, 0.3) is 0 Å². The molecule has 6 nitrogen and oxygen atoms in total. The van der Waals surface area contributed by atoms with Gasteiger partial charge in [0.25, 0.3) is 5.91 Å². The molecule has 2 aromatic carbocycles. The van der Waals surface area contributed by atoms with Crippen LogP contribution in [0.2, 0.25) is 5.02 Å². The van der Waals surface area contributed by atoms with E-state index in [1.54, 1.807) is 0 Å². The molecule has 0 unspecified atom stereocenters. The zero-order valence-corrected chi connectivity index (χ0v) is 20.2. The maximum Gasteiger partial charge on any atom is 0.255 e. The normalized spacial score (nSPS) is 15.0. The van der Waals surface area contributed by atoms with Crippen LogP contribution in [-0.2, 0) is 13.1 Å². The summed E-state index contributed by atoms with van der Waals surface area (Å²) in [6.07, 6.45) is 0. The van der Waals surface area contributed by atoms with Gasteiger partial charge in [0.2, 0.25) is 0 Å². The Labute approximate surface area is 201 Å². The van der Waals surface area contributed by atoms with Gasteiger partial charge in [0.1, 0.15) is 0 Å². The monoisotopic (exact) mass is 465 g/mol. The molecule has 1 aliphatic heterocycles. The van der Waals surface area contributed by atoms with Crippen LogP contribution >= 0.6 is 11.6 Å². The smallest absolute Gasteiger partial charge is 0.255 e. The van der Waals surface area contributed by atoms with Crippen LogP contribution in [0.15, 0.2) is 54.6 Å². The van der Waals surface area contributed by atoms with Gasteiger partial charge in [0.05, 0.1) is 17.8 Å². The lowest BCUT2D eigenvalue weighted by Gasteiger charge is -2.34. The lowest BCUT2D eigenvalue weighted by Crippen LogP contribution is -2.48. The van der Waals surface area contributed by atoms with E-state index in [9.17, 15) is 4.79 Å². The highest BCUT2D eigenvalue weighted by molar-refractivity contribution is 6.31. The maximum absolute atomic E-state index is 12.9. The molecule has 174 valence electrons. The van der Waals surface area contributed by atoms with Gasteiger partial charge in [0, 0.05) is 56.5 Å². The second-order valence-electron chi connectivity index (χ2n) is 8.65. The molecule has 1 fully saturated rings. The quantitative estimate of drug-likeness (QED) is 0.550. The Morgan fingerprint density at radius 2 is 1.61 bits per heavy atom. The minimum Gasteiger partial charge on any atom is -0.351 e. The van der Waals surface area contributed by atoms with Crippen molar-refractivity contribution in [1.29, 1.82) is 0 Å². The average Bonchev–Trinajstić information content (AvgIpc) is 3.10. The van der Waals surface area contributed by atoms with E-state index in [-0.39, 0.29) is 5.91 Å². The standard InChI is InChI=1S/C26H32ClN5O/c1-20-25(21(2)32(29-20)19-23-10-6-7-11-24(23)27)26(33)28-12-13-30-14-16-31(17-15-30)18-22-8-4-3-5-9-22/h3-11H,12-19H2,1-2H3,(H,28,33). The number of hydrogen-bond acceptors (Lipinski definition) is 4. The molecule has 7 heteroatoms. The van der Waals surface area contributed by atoms with Crippen molar-refractivity contribution in [2.75, 3.05) is 39.3 Å². The molecule has 0 atom stereocenters. The molecule has 1 N–H and O–H groups in total. The van der Waals surface area contributed by atoms with E-state index >= 15 is 0 Å². The van der Waals surface area contributed by atoms with Gasteiger partial charge in [-0.25, -0.2) is 0 Å². The number of halogens is 1. The molecule has 0 radical (unpaired) electrons. The number of piperazine rings is 1. The molecule has 1 saturated heterocycles. The number of carbonyl (C=O) groups is 1. The minimum absolute atomic E-state index is 0.0573. The average molecular weight is 466 g/mol. The first-order chi connectivity index (χ1) is 16.0. The third-order valence-electron chi connectivity index (χ3n) is 6.31. The molecular weight excluding hydrogens is 434 g/mol. The summed E-state index contributed by atoms with van der Waals surface area (Å²) in [4.78, 5) is 17.8. The van der Waals surface area contributed by atoms with E-state index < -0.39 is 0 Å². The van der Waals surface area contributed by atoms with Crippen molar-refractivity contribution in [3.8, 4) is 0 Å². The lowest BCUT2D eigenvalue weighted by molar-refractivity contribution is 0.0933. The summed E-state index contributed by atoms with van der Waals surface area (Å²) in [5, 5.41) is 8.39. The number of nitrogens with one attached hydrogen (secondary N) is 1. The van der Waals surface area contributed by atoms with Crippen molar-refractivity contribution in [2.24, 2.45) is 0 Å². The van der Waals surface area contributed by atoms with Crippen molar-refractivity contribution in [2.45, 2.75) is 26.9 Å². The first-order valence-corrected chi connectivity index (χ1v) is 11.9. The fourth-order valence-corrected chi connectivity index (χ4v) is 4.59. The summed E-state index contributed by atoms with van der Waals surface area (Å²) < 4.78 is 1.86. The number of carbonyl (C=O) groups excluding carboxylic acids is 1. The van der Waals surface area contributed by atoms with Gasteiger partial charge in [-0.1, -0.05) is 60.1 Å². The van der Waals surface area contributed by atoms with Crippen molar-refractivity contribution < 1.29 is 4.79 Å². The number of benzene rings is 2. The summed E-state index contributed by atoms with van der Waals surface area (Å²) in [5.41, 5.74) is 4.61. The van der Waals surface area contributed by atoms with E-state index in [2.05, 4.69) is 50.5 Å². The highest BCUT2D eigenvalue weighted by Gasteiger charge is 2.20.